The van der Waals surface area contributed by atoms with Crippen LogP contribution in [0.5, 0.6) is 11.5 Å². The molecule has 4 aliphatic rings. The molecule has 8 nitrogen and oxygen atoms in total. The van der Waals surface area contributed by atoms with Gasteiger partial charge in [0.15, 0.2) is 11.5 Å². The van der Waals surface area contributed by atoms with Crippen LogP contribution in [0, 0.1) is 13.8 Å². The number of anilines is 1. The second-order valence-corrected chi connectivity index (χ2v) is 9.06. The maximum atomic E-state index is 13.2. The molecular weight excluding hydrogens is 368 g/mol. The van der Waals surface area contributed by atoms with E-state index in [-0.39, 0.29) is 23.8 Å². The molecule has 0 saturated carbocycles. The summed E-state index contributed by atoms with van der Waals surface area (Å²) in [6.07, 6.45) is 0.878. The molecule has 6 rings (SSSR count). The van der Waals surface area contributed by atoms with E-state index in [1.165, 1.54) is 0 Å². The number of hydrogen-bond donors (Lipinski definition) is 0. The number of aryl methyl sites for hydroxylation is 2. The first-order valence-electron chi connectivity index (χ1n) is 8.92. The predicted molar refractivity (Wildman–Crippen MR) is 97.5 cm³/mol. The van der Waals surface area contributed by atoms with Gasteiger partial charge in [-0.3, -0.25) is 0 Å². The Labute approximate surface area is 157 Å². The molecule has 0 radical (unpaired) electrons. The van der Waals surface area contributed by atoms with E-state index in [1.807, 2.05) is 19.9 Å². The van der Waals surface area contributed by atoms with Gasteiger partial charge in [0.1, 0.15) is 11.6 Å². The number of ether oxygens (including phenoxy) is 2. The maximum Gasteiger partial charge on any atom is 0.243 e. The van der Waals surface area contributed by atoms with Crippen LogP contribution in [0.1, 0.15) is 17.9 Å². The quantitative estimate of drug-likeness (QED) is 0.787. The first kappa shape index (κ1) is 16.8. The first-order chi connectivity index (χ1) is 12.9. The van der Waals surface area contributed by atoms with Crippen molar-refractivity contribution in [2.75, 3.05) is 24.8 Å². The van der Waals surface area contributed by atoms with E-state index in [0.717, 1.165) is 23.8 Å². The summed E-state index contributed by atoms with van der Waals surface area (Å²) in [7, 11) is -3.57. The largest absolute Gasteiger partial charge is 0.454 e. The van der Waals surface area contributed by atoms with Gasteiger partial charge in [0, 0.05) is 43.0 Å². The molecule has 3 fully saturated rings. The van der Waals surface area contributed by atoms with Crippen LogP contribution < -0.4 is 14.4 Å². The van der Waals surface area contributed by atoms with E-state index in [0.29, 0.717) is 24.6 Å². The molecule has 9 heteroatoms. The number of rotatable bonds is 3. The van der Waals surface area contributed by atoms with E-state index < -0.39 is 10.0 Å². The molecule has 4 aliphatic heterocycles. The molecule has 0 aliphatic carbocycles. The smallest absolute Gasteiger partial charge is 0.243 e. The van der Waals surface area contributed by atoms with Crippen molar-refractivity contribution in [2.45, 2.75) is 37.2 Å². The van der Waals surface area contributed by atoms with Crippen LogP contribution in [-0.2, 0) is 10.0 Å². The zero-order valence-electron chi connectivity index (χ0n) is 15.1. The number of piperidine rings is 1. The average molecular weight is 388 g/mol. The number of sulfonamides is 1. The lowest BCUT2D eigenvalue weighted by atomic mass is 9.91. The van der Waals surface area contributed by atoms with Crippen molar-refractivity contribution in [3.63, 3.8) is 0 Å². The average Bonchev–Trinajstić information content (AvgIpc) is 3.08. The van der Waals surface area contributed by atoms with Crippen LogP contribution in [-0.4, -0.2) is 54.7 Å². The van der Waals surface area contributed by atoms with Crippen LogP contribution >= 0.6 is 0 Å². The summed E-state index contributed by atoms with van der Waals surface area (Å²) in [5, 5.41) is 0. The predicted octanol–water partition coefficient (Wildman–Crippen LogP) is 1.47. The third-order valence-electron chi connectivity index (χ3n) is 5.32. The van der Waals surface area contributed by atoms with E-state index in [2.05, 4.69) is 14.9 Å². The van der Waals surface area contributed by atoms with Crippen molar-refractivity contribution in [1.29, 1.82) is 0 Å². The van der Waals surface area contributed by atoms with Crippen molar-refractivity contribution in [1.82, 2.24) is 14.3 Å². The minimum absolute atomic E-state index is 0.0465. The Balaban J connectivity index is 1.39. The number of piperazine rings is 1. The maximum absolute atomic E-state index is 13.2. The second kappa shape index (κ2) is 5.80. The molecule has 0 spiro atoms. The Morgan fingerprint density at radius 1 is 1.04 bits per heavy atom. The molecule has 142 valence electrons. The van der Waals surface area contributed by atoms with Crippen LogP contribution in [0.3, 0.4) is 0 Å². The lowest BCUT2D eigenvalue weighted by Gasteiger charge is -2.55. The van der Waals surface area contributed by atoms with E-state index in [9.17, 15) is 8.42 Å². The highest BCUT2D eigenvalue weighted by Crippen LogP contribution is 2.41. The SMILES string of the molecule is Cc1cc(N2CC3CC(C2)N3S(=O)(=O)c2ccc3c(c2)OCO3)nc(C)n1. The normalized spacial score (nSPS) is 24.0. The highest BCUT2D eigenvalue weighted by atomic mass is 32.2. The molecular formula is C18H20N4O4S. The van der Waals surface area contributed by atoms with Crippen LogP contribution in [0.4, 0.5) is 5.82 Å². The summed E-state index contributed by atoms with van der Waals surface area (Å²) in [4.78, 5) is 11.2. The van der Waals surface area contributed by atoms with Gasteiger partial charge in [0.25, 0.3) is 0 Å². The van der Waals surface area contributed by atoms with Crippen molar-refractivity contribution in [2.24, 2.45) is 0 Å². The number of hydrogen-bond acceptors (Lipinski definition) is 7. The summed E-state index contributed by atoms with van der Waals surface area (Å²) < 4.78 is 38.6. The highest BCUT2D eigenvalue weighted by Gasteiger charge is 2.51. The van der Waals surface area contributed by atoms with E-state index >= 15 is 0 Å². The molecule has 0 N–H and O–H groups in total. The molecule has 0 amide bonds. The number of benzene rings is 1. The van der Waals surface area contributed by atoms with Gasteiger partial charge in [-0.2, -0.15) is 4.31 Å². The molecule has 27 heavy (non-hydrogen) atoms. The number of nitrogens with zero attached hydrogens (tertiary/aromatic N) is 4. The number of aromatic nitrogens is 2. The molecule has 2 unspecified atom stereocenters. The minimum Gasteiger partial charge on any atom is -0.454 e. The van der Waals surface area contributed by atoms with E-state index in [4.69, 9.17) is 9.47 Å². The molecule has 5 heterocycles. The molecule has 1 aromatic carbocycles. The molecule has 2 bridgehead atoms. The van der Waals surface area contributed by atoms with Crippen molar-refractivity contribution >= 4 is 15.8 Å². The minimum atomic E-state index is -3.57. The molecule has 2 atom stereocenters. The Bertz CT molecular complexity index is 994. The second-order valence-electron chi connectivity index (χ2n) is 7.21. The van der Waals surface area contributed by atoms with Gasteiger partial charge in [-0.1, -0.05) is 0 Å². The summed E-state index contributed by atoms with van der Waals surface area (Å²) in [6, 6.07) is 6.66. The Morgan fingerprint density at radius 2 is 1.78 bits per heavy atom. The summed E-state index contributed by atoms with van der Waals surface area (Å²) in [6.45, 7) is 5.21. The molecule has 2 aromatic rings. The highest BCUT2D eigenvalue weighted by molar-refractivity contribution is 7.89. The summed E-state index contributed by atoms with van der Waals surface area (Å²) in [5.41, 5.74) is 0.918. The summed E-state index contributed by atoms with van der Waals surface area (Å²) >= 11 is 0. The van der Waals surface area contributed by atoms with Gasteiger partial charge in [-0.25, -0.2) is 18.4 Å². The fraction of sp³-hybridized carbons (Fsp3) is 0.444. The first-order valence-corrected chi connectivity index (χ1v) is 10.4. The summed E-state index contributed by atoms with van der Waals surface area (Å²) in [5.74, 6) is 2.66. The van der Waals surface area contributed by atoms with Gasteiger partial charge in [-0.05, 0) is 32.4 Å². The Morgan fingerprint density at radius 3 is 2.52 bits per heavy atom. The third-order valence-corrected chi connectivity index (χ3v) is 7.32. The Kier molecular flexibility index (Phi) is 3.60. The van der Waals surface area contributed by atoms with E-state index in [1.54, 1.807) is 22.5 Å². The molecule has 1 aromatic heterocycles. The van der Waals surface area contributed by atoms with Gasteiger partial charge in [0.2, 0.25) is 16.8 Å². The monoisotopic (exact) mass is 388 g/mol. The Hall–Kier alpha value is -2.39. The number of fused-ring (bicyclic) bond motifs is 3. The topological polar surface area (TPSA) is 84.9 Å². The van der Waals surface area contributed by atoms with Crippen LogP contribution in [0.25, 0.3) is 0 Å². The van der Waals surface area contributed by atoms with Gasteiger partial charge in [-0.15, -0.1) is 0 Å². The zero-order valence-corrected chi connectivity index (χ0v) is 15.9. The van der Waals surface area contributed by atoms with Crippen molar-refractivity contribution < 1.29 is 17.9 Å². The standard InChI is InChI=1S/C18H20N4O4S/c1-11-5-18(20-12(2)19-11)21-8-13-6-14(9-21)22(13)27(23,24)15-3-4-16-17(7-15)26-10-25-16/h3-5,7,13-14H,6,8-10H2,1-2H3. The lowest BCUT2D eigenvalue weighted by Crippen LogP contribution is -2.70. The fourth-order valence-electron chi connectivity index (χ4n) is 4.17. The van der Waals surface area contributed by atoms with Gasteiger partial charge < -0.3 is 14.4 Å². The lowest BCUT2D eigenvalue weighted by molar-refractivity contribution is 0.0874. The van der Waals surface area contributed by atoms with Crippen LogP contribution in [0.15, 0.2) is 29.2 Å². The zero-order chi connectivity index (χ0) is 18.8. The van der Waals surface area contributed by atoms with Gasteiger partial charge >= 0.3 is 0 Å². The van der Waals surface area contributed by atoms with Crippen molar-refractivity contribution in [3.8, 4) is 11.5 Å². The fourth-order valence-corrected chi connectivity index (χ4v) is 6.00. The third kappa shape index (κ3) is 2.64. The molecule has 3 saturated heterocycles. The van der Waals surface area contributed by atoms with Crippen LogP contribution in [0.2, 0.25) is 0 Å². The van der Waals surface area contributed by atoms with Gasteiger partial charge in [0.05, 0.1) is 4.90 Å². The van der Waals surface area contributed by atoms with Crippen molar-refractivity contribution in [3.05, 3.63) is 35.8 Å².